The normalized spacial score (nSPS) is 23.0. The molecule has 1 fully saturated rings. The molecule has 0 bridgehead atoms. The van der Waals surface area contributed by atoms with E-state index in [1.165, 1.54) is 18.1 Å². The predicted octanol–water partition coefficient (Wildman–Crippen LogP) is 0.825. The Kier molecular flexibility index (Phi) is 3.98. The van der Waals surface area contributed by atoms with Gasteiger partial charge in [0.1, 0.15) is 5.57 Å². The number of likely N-dealkylation sites (N-methyl/N-ethyl adjacent to an activating group) is 1. The van der Waals surface area contributed by atoms with Crippen LogP contribution in [0.15, 0.2) is 47.1 Å². The van der Waals surface area contributed by atoms with Gasteiger partial charge in [-0.1, -0.05) is 18.2 Å². The van der Waals surface area contributed by atoms with E-state index in [1.807, 2.05) is 6.07 Å². The second kappa shape index (κ2) is 5.97. The predicted molar refractivity (Wildman–Crippen MR) is 92.1 cm³/mol. The number of hydrogen-bond donors (Lipinski definition) is 1. The molecular weight excluding hydrogens is 328 g/mol. The third kappa shape index (κ3) is 2.61. The summed E-state index contributed by atoms with van der Waals surface area (Å²) in [6, 6.07) is 8.95. The fraction of sp³-hybridized carbons (Fsp3) is 0.188. The van der Waals surface area contributed by atoms with Gasteiger partial charge in [0.2, 0.25) is 0 Å². The molecule has 122 valence electrons. The Hall–Kier alpha value is -2.87. The van der Waals surface area contributed by atoms with Crippen molar-refractivity contribution in [2.45, 2.75) is 6.92 Å². The van der Waals surface area contributed by atoms with Crippen LogP contribution in [-0.2, 0) is 14.4 Å². The quantitative estimate of drug-likeness (QED) is 0.490. The van der Waals surface area contributed by atoms with Crippen molar-refractivity contribution in [1.29, 1.82) is 0 Å². The SMILES string of the molecule is CC1=NN(c2ccccc2)C(=O)[C@@H]1/C=C1/C(=O)NC(=S)N(C)C1=O. The van der Waals surface area contributed by atoms with Crippen molar-refractivity contribution in [2.75, 3.05) is 12.1 Å². The summed E-state index contributed by atoms with van der Waals surface area (Å²) in [6.45, 7) is 1.68. The first-order valence-corrected chi connectivity index (χ1v) is 7.60. The van der Waals surface area contributed by atoms with Crippen molar-refractivity contribution in [3.05, 3.63) is 42.0 Å². The molecule has 0 spiro atoms. The number of rotatable bonds is 2. The lowest BCUT2D eigenvalue weighted by Crippen LogP contribution is -2.52. The van der Waals surface area contributed by atoms with Crippen LogP contribution in [0, 0.1) is 5.92 Å². The molecule has 1 saturated heterocycles. The summed E-state index contributed by atoms with van der Waals surface area (Å²) < 4.78 is 0. The standard InChI is InChI=1S/C16H14N4O3S/c1-9-11(8-12-13(21)17-16(24)19(2)14(12)22)15(23)20(18-9)10-6-4-3-5-7-10/h3-8,11H,1-2H3,(H,17,21,24)/b12-8-/t11-/m1/s1. The Morgan fingerprint density at radius 1 is 1.21 bits per heavy atom. The van der Waals surface area contributed by atoms with Crippen LogP contribution in [0.25, 0.3) is 0 Å². The number of nitrogens with zero attached hydrogens (tertiary/aromatic N) is 3. The summed E-state index contributed by atoms with van der Waals surface area (Å²) in [5.74, 6) is -2.23. The Morgan fingerprint density at radius 3 is 2.54 bits per heavy atom. The Bertz CT molecular complexity index is 816. The molecule has 8 heteroatoms. The number of nitrogens with one attached hydrogen (secondary N) is 1. The van der Waals surface area contributed by atoms with Gasteiger partial charge in [0.25, 0.3) is 17.7 Å². The largest absolute Gasteiger partial charge is 0.298 e. The minimum absolute atomic E-state index is 0.0381. The molecule has 2 aliphatic heterocycles. The maximum Gasteiger partial charge on any atom is 0.265 e. The molecule has 24 heavy (non-hydrogen) atoms. The van der Waals surface area contributed by atoms with Crippen molar-refractivity contribution >= 4 is 46.5 Å². The zero-order chi connectivity index (χ0) is 17.4. The fourth-order valence-electron chi connectivity index (χ4n) is 2.46. The van der Waals surface area contributed by atoms with Crippen molar-refractivity contribution in [2.24, 2.45) is 11.0 Å². The van der Waals surface area contributed by atoms with Gasteiger partial charge >= 0.3 is 0 Å². The molecule has 0 saturated carbocycles. The molecule has 1 N–H and O–H groups in total. The van der Waals surface area contributed by atoms with E-state index in [9.17, 15) is 14.4 Å². The van der Waals surface area contributed by atoms with Crippen LogP contribution in [0.3, 0.4) is 0 Å². The van der Waals surface area contributed by atoms with E-state index in [2.05, 4.69) is 10.4 Å². The lowest BCUT2D eigenvalue weighted by atomic mass is 9.99. The topological polar surface area (TPSA) is 82.1 Å². The lowest BCUT2D eigenvalue weighted by Gasteiger charge is -2.25. The van der Waals surface area contributed by atoms with Gasteiger partial charge in [0.15, 0.2) is 5.11 Å². The maximum absolute atomic E-state index is 12.6. The van der Waals surface area contributed by atoms with E-state index >= 15 is 0 Å². The van der Waals surface area contributed by atoms with Gasteiger partial charge in [-0.2, -0.15) is 10.1 Å². The minimum Gasteiger partial charge on any atom is -0.298 e. The van der Waals surface area contributed by atoms with E-state index in [1.54, 1.807) is 31.2 Å². The summed E-state index contributed by atoms with van der Waals surface area (Å²) in [4.78, 5) is 38.1. The third-order valence-electron chi connectivity index (χ3n) is 3.82. The monoisotopic (exact) mass is 342 g/mol. The number of thiocarbonyl (C=S) groups is 1. The van der Waals surface area contributed by atoms with Crippen LogP contribution in [-0.4, -0.2) is 40.5 Å². The number of hydrogen-bond acceptors (Lipinski definition) is 5. The van der Waals surface area contributed by atoms with Crippen LogP contribution in [0.2, 0.25) is 0 Å². The average molecular weight is 342 g/mol. The van der Waals surface area contributed by atoms with Crippen LogP contribution < -0.4 is 10.3 Å². The molecule has 0 unspecified atom stereocenters. The van der Waals surface area contributed by atoms with E-state index in [0.717, 1.165) is 4.90 Å². The molecule has 2 heterocycles. The first-order valence-electron chi connectivity index (χ1n) is 7.19. The van der Waals surface area contributed by atoms with Gasteiger partial charge in [-0.15, -0.1) is 0 Å². The molecule has 0 aromatic heterocycles. The smallest absolute Gasteiger partial charge is 0.265 e. The number of carbonyl (C=O) groups excluding carboxylic acids is 3. The summed E-state index contributed by atoms with van der Waals surface area (Å²) in [7, 11) is 1.46. The van der Waals surface area contributed by atoms with E-state index in [0.29, 0.717) is 11.4 Å². The number of carbonyl (C=O) groups is 3. The summed E-state index contributed by atoms with van der Waals surface area (Å²) in [5, 5.41) is 7.98. The molecule has 1 atom stereocenters. The maximum atomic E-state index is 12.6. The molecule has 3 rings (SSSR count). The molecule has 3 amide bonds. The average Bonchev–Trinajstić information content (AvgIpc) is 2.85. The highest BCUT2D eigenvalue weighted by Gasteiger charge is 2.37. The van der Waals surface area contributed by atoms with Gasteiger partial charge in [0.05, 0.1) is 17.3 Å². The van der Waals surface area contributed by atoms with Crippen molar-refractivity contribution in [1.82, 2.24) is 10.2 Å². The number of amides is 3. The summed E-state index contributed by atoms with van der Waals surface area (Å²) >= 11 is 4.89. The first-order chi connectivity index (χ1) is 11.4. The summed E-state index contributed by atoms with van der Waals surface area (Å²) in [6.07, 6.45) is 1.35. The van der Waals surface area contributed by atoms with Crippen LogP contribution in [0.5, 0.6) is 0 Å². The zero-order valence-electron chi connectivity index (χ0n) is 13.0. The first kappa shape index (κ1) is 16.0. The van der Waals surface area contributed by atoms with Gasteiger partial charge in [-0.05, 0) is 37.4 Å². The van der Waals surface area contributed by atoms with Crippen molar-refractivity contribution in [3.63, 3.8) is 0 Å². The molecule has 1 aromatic rings. The fourth-order valence-corrected chi connectivity index (χ4v) is 2.63. The molecular formula is C16H14N4O3S. The van der Waals surface area contributed by atoms with Gasteiger partial charge in [0, 0.05) is 7.05 Å². The highest BCUT2D eigenvalue weighted by Crippen LogP contribution is 2.25. The zero-order valence-corrected chi connectivity index (χ0v) is 13.8. The minimum atomic E-state index is -0.769. The van der Waals surface area contributed by atoms with Gasteiger partial charge in [-0.25, -0.2) is 0 Å². The second-order valence-electron chi connectivity index (χ2n) is 5.41. The van der Waals surface area contributed by atoms with E-state index < -0.39 is 17.7 Å². The number of hydrazone groups is 1. The van der Waals surface area contributed by atoms with Crippen molar-refractivity contribution in [3.8, 4) is 0 Å². The second-order valence-corrected chi connectivity index (χ2v) is 5.80. The van der Waals surface area contributed by atoms with E-state index in [4.69, 9.17) is 12.2 Å². The highest BCUT2D eigenvalue weighted by molar-refractivity contribution is 7.80. The molecule has 0 aliphatic carbocycles. The van der Waals surface area contributed by atoms with Gasteiger partial charge in [-0.3, -0.25) is 24.6 Å². The van der Waals surface area contributed by atoms with Crippen LogP contribution in [0.4, 0.5) is 5.69 Å². The Morgan fingerprint density at radius 2 is 1.88 bits per heavy atom. The summed E-state index contributed by atoms with van der Waals surface area (Å²) in [5.41, 5.74) is 1.02. The third-order valence-corrected chi connectivity index (χ3v) is 4.20. The molecule has 0 radical (unpaired) electrons. The lowest BCUT2D eigenvalue weighted by molar-refractivity contribution is -0.128. The van der Waals surface area contributed by atoms with Crippen molar-refractivity contribution < 1.29 is 14.4 Å². The number of para-hydroxylation sites is 1. The van der Waals surface area contributed by atoms with Crippen LogP contribution >= 0.6 is 12.2 Å². The van der Waals surface area contributed by atoms with E-state index in [-0.39, 0.29) is 16.6 Å². The number of anilines is 1. The molecule has 1 aromatic carbocycles. The molecule has 2 aliphatic rings. The van der Waals surface area contributed by atoms with Gasteiger partial charge < -0.3 is 0 Å². The highest BCUT2D eigenvalue weighted by atomic mass is 32.1. The Balaban J connectivity index is 1.92. The Labute approximate surface area is 143 Å². The molecule has 7 nitrogen and oxygen atoms in total. The van der Waals surface area contributed by atoms with Crippen LogP contribution in [0.1, 0.15) is 6.92 Å². The number of benzene rings is 1.